The van der Waals surface area contributed by atoms with Gasteiger partial charge in [0.2, 0.25) is 0 Å². The highest BCUT2D eigenvalue weighted by Crippen LogP contribution is 2.32. The molecule has 1 aromatic carbocycles. The van der Waals surface area contributed by atoms with Gasteiger partial charge in [0.05, 0.1) is 5.56 Å². The van der Waals surface area contributed by atoms with Gasteiger partial charge in [0, 0.05) is 5.92 Å². The van der Waals surface area contributed by atoms with E-state index >= 15 is 0 Å². The SMILES string of the molecule is CCCCC1CCC(/C=C/C#CC2CCC(OC(=O)c3ccc(CC)cc3)CC2)CC1. The second-order valence-electron chi connectivity index (χ2n) is 9.50. The van der Waals surface area contributed by atoms with Crippen molar-refractivity contribution >= 4 is 5.97 Å². The molecule has 0 saturated heterocycles. The van der Waals surface area contributed by atoms with Gasteiger partial charge in [-0.2, -0.15) is 0 Å². The number of benzene rings is 1. The van der Waals surface area contributed by atoms with Crippen molar-refractivity contribution in [2.75, 3.05) is 0 Å². The molecule has 2 saturated carbocycles. The maximum Gasteiger partial charge on any atom is 0.338 e. The molecule has 0 spiro atoms. The summed E-state index contributed by atoms with van der Waals surface area (Å²) in [6.07, 6.45) is 19.0. The van der Waals surface area contributed by atoms with Crippen LogP contribution in [0, 0.1) is 29.6 Å². The van der Waals surface area contributed by atoms with E-state index in [4.69, 9.17) is 4.74 Å². The monoisotopic (exact) mass is 420 g/mol. The molecule has 2 aliphatic rings. The number of unbranched alkanes of at least 4 members (excludes halogenated alkanes) is 1. The quantitative estimate of drug-likeness (QED) is 0.337. The predicted octanol–water partition coefficient (Wildman–Crippen LogP) is 7.52. The normalized spacial score (nSPS) is 26.3. The summed E-state index contributed by atoms with van der Waals surface area (Å²) in [4.78, 5) is 12.4. The van der Waals surface area contributed by atoms with E-state index in [1.165, 1.54) is 50.5 Å². The van der Waals surface area contributed by atoms with Crippen molar-refractivity contribution < 1.29 is 9.53 Å². The molecule has 0 amide bonds. The molecule has 0 aliphatic heterocycles. The van der Waals surface area contributed by atoms with Crippen molar-refractivity contribution in [2.45, 2.75) is 97.0 Å². The molecule has 0 N–H and O–H groups in total. The molecule has 0 radical (unpaired) electrons. The van der Waals surface area contributed by atoms with Gasteiger partial charge in [0.15, 0.2) is 0 Å². The van der Waals surface area contributed by atoms with E-state index in [2.05, 4.69) is 37.8 Å². The van der Waals surface area contributed by atoms with Crippen LogP contribution in [0.3, 0.4) is 0 Å². The predicted molar refractivity (Wildman–Crippen MR) is 129 cm³/mol. The summed E-state index contributed by atoms with van der Waals surface area (Å²) in [5, 5.41) is 0. The fraction of sp³-hybridized carbons (Fsp3) is 0.621. The van der Waals surface area contributed by atoms with Crippen molar-refractivity contribution in [3.63, 3.8) is 0 Å². The second-order valence-corrected chi connectivity index (χ2v) is 9.50. The molecule has 0 atom stereocenters. The Labute approximate surface area is 189 Å². The molecular formula is C29H40O2. The summed E-state index contributed by atoms with van der Waals surface area (Å²) in [5.74, 6) is 8.69. The second kappa shape index (κ2) is 12.7. The minimum Gasteiger partial charge on any atom is -0.459 e. The van der Waals surface area contributed by atoms with E-state index in [-0.39, 0.29) is 12.1 Å². The number of esters is 1. The zero-order valence-corrected chi connectivity index (χ0v) is 19.6. The van der Waals surface area contributed by atoms with Gasteiger partial charge in [-0.15, -0.1) is 0 Å². The van der Waals surface area contributed by atoms with Gasteiger partial charge in [-0.1, -0.05) is 63.2 Å². The fourth-order valence-electron chi connectivity index (χ4n) is 4.93. The summed E-state index contributed by atoms with van der Waals surface area (Å²) in [6.45, 7) is 4.41. The van der Waals surface area contributed by atoms with E-state index in [0.717, 1.165) is 43.9 Å². The van der Waals surface area contributed by atoms with Crippen molar-refractivity contribution in [2.24, 2.45) is 17.8 Å². The Morgan fingerprint density at radius 3 is 2.35 bits per heavy atom. The third-order valence-electron chi connectivity index (χ3n) is 7.14. The van der Waals surface area contributed by atoms with Crippen LogP contribution in [0.2, 0.25) is 0 Å². The molecule has 2 nitrogen and oxygen atoms in total. The van der Waals surface area contributed by atoms with Crippen LogP contribution in [-0.2, 0) is 11.2 Å². The Bertz CT molecular complexity index is 748. The molecule has 0 heterocycles. The molecule has 2 fully saturated rings. The zero-order chi connectivity index (χ0) is 21.9. The molecule has 1 aromatic rings. The maximum absolute atomic E-state index is 12.4. The summed E-state index contributed by atoms with van der Waals surface area (Å²) >= 11 is 0. The first-order valence-corrected chi connectivity index (χ1v) is 12.7. The van der Waals surface area contributed by atoms with Crippen LogP contribution in [0.15, 0.2) is 36.4 Å². The van der Waals surface area contributed by atoms with Crippen molar-refractivity contribution in [3.8, 4) is 11.8 Å². The number of aryl methyl sites for hydroxylation is 1. The molecule has 0 bridgehead atoms. The van der Waals surface area contributed by atoms with Gasteiger partial charge in [0.25, 0.3) is 0 Å². The zero-order valence-electron chi connectivity index (χ0n) is 19.6. The minimum absolute atomic E-state index is 0.0369. The van der Waals surface area contributed by atoms with Gasteiger partial charge < -0.3 is 4.74 Å². The number of carbonyl (C=O) groups excluding carboxylic acids is 1. The molecule has 0 unspecified atom stereocenters. The molecule has 0 aromatic heterocycles. The van der Waals surface area contributed by atoms with E-state index in [9.17, 15) is 4.79 Å². The summed E-state index contributed by atoms with van der Waals surface area (Å²) < 4.78 is 5.74. The van der Waals surface area contributed by atoms with Gasteiger partial charge in [0.1, 0.15) is 6.10 Å². The average Bonchev–Trinajstić information content (AvgIpc) is 2.82. The summed E-state index contributed by atoms with van der Waals surface area (Å²) in [5.41, 5.74) is 1.90. The Balaban J connectivity index is 1.34. The van der Waals surface area contributed by atoms with Crippen LogP contribution in [-0.4, -0.2) is 12.1 Å². The first-order chi connectivity index (χ1) is 15.2. The van der Waals surface area contributed by atoms with E-state index in [1.807, 2.05) is 24.3 Å². The lowest BCUT2D eigenvalue weighted by atomic mass is 9.80. The fourth-order valence-corrected chi connectivity index (χ4v) is 4.93. The van der Waals surface area contributed by atoms with Gasteiger partial charge in [-0.3, -0.25) is 0 Å². The highest BCUT2D eigenvalue weighted by atomic mass is 16.5. The number of hydrogen-bond acceptors (Lipinski definition) is 2. The Hall–Kier alpha value is -2.01. The van der Waals surface area contributed by atoms with E-state index < -0.39 is 0 Å². The highest BCUT2D eigenvalue weighted by molar-refractivity contribution is 5.89. The largest absolute Gasteiger partial charge is 0.459 e. The van der Waals surface area contributed by atoms with Crippen LogP contribution in [0.1, 0.15) is 100 Å². The van der Waals surface area contributed by atoms with Crippen molar-refractivity contribution in [1.29, 1.82) is 0 Å². The molecule has 3 rings (SSSR count). The molecule has 2 aliphatic carbocycles. The first-order valence-electron chi connectivity index (χ1n) is 12.7. The van der Waals surface area contributed by atoms with Gasteiger partial charge in [-0.05, 0) is 93.4 Å². The van der Waals surface area contributed by atoms with Gasteiger partial charge >= 0.3 is 5.97 Å². The smallest absolute Gasteiger partial charge is 0.338 e. The lowest BCUT2D eigenvalue weighted by Gasteiger charge is -2.26. The molecule has 31 heavy (non-hydrogen) atoms. The number of hydrogen-bond donors (Lipinski definition) is 0. The van der Waals surface area contributed by atoms with Crippen LogP contribution >= 0.6 is 0 Å². The Morgan fingerprint density at radius 2 is 1.71 bits per heavy atom. The van der Waals surface area contributed by atoms with Crippen molar-refractivity contribution in [1.82, 2.24) is 0 Å². The lowest BCUT2D eigenvalue weighted by Crippen LogP contribution is -2.24. The molecular weight excluding hydrogens is 380 g/mol. The Morgan fingerprint density at radius 1 is 1.00 bits per heavy atom. The topological polar surface area (TPSA) is 26.3 Å². The summed E-state index contributed by atoms with van der Waals surface area (Å²) in [7, 11) is 0. The van der Waals surface area contributed by atoms with E-state index in [0.29, 0.717) is 11.5 Å². The Kier molecular flexibility index (Phi) is 9.73. The van der Waals surface area contributed by atoms with Crippen LogP contribution in [0.5, 0.6) is 0 Å². The molecule has 168 valence electrons. The standard InChI is InChI=1S/C29H40O2/c1-3-5-8-24-11-13-25(14-12-24)9-6-7-10-26-17-21-28(22-18-26)31-29(30)27-19-15-23(4-2)16-20-27/h6,9,15-16,19-20,24-26,28H,3-5,8,11-14,17-18,21-22H2,1-2H3/b9-6+. The van der Waals surface area contributed by atoms with Crippen LogP contribution < -0.4 is 0 Å². The lowest BCUT2D eigenvalue weighted by molar-refractivity contribution is 0.0188. The third-order valence-corrected chi connectivity index (χ3v) is 7.14. The van der Waals surface area contributed by atoms with Gasteiger partial charge in [-0.25, -0.2) is 4.79 Å². The van der Waals surface area contributed by atoms with Crippen LogP contribution in [0.25, 0.3) is 0 Å². The number of ether oxygens (including phenoxy) is 1. The number of carbonyl (C=O) groups is 1. The number of allylic oxidation sites excluding steroid dienone is 2. The van der Waals surface area contributed by atoms with Crippen molar-refractivity contribution in [3.05, 3.63) is 47.5 Å². The summed E-state index contributed by atoms with van der Waals surface area (Å²) in [6, 6.07) is 7.77. The third kappa shape index (κ3) is 7.88. The molecule has 2 heteroatoms. The minimum atomic E-state index is -0.190. The number of rotatable bonds is 7. The first kappa shape index (κ1) is 23.6. The maximum atomic E-state index is 12.4. The van der Waals surface area contributed by atoms with E-state index in [1.54, 1.807) is 0 Å². The van der Waals surface area contributed by atoms with Crippen LogP contribution in [0.4, 0.5) is 0 Å². The highest BCUT2D eigenvalue weighted by Gasteiger charge is 2.23. The average molecular weight is 421 g/mol.